The second-order valence-corrected chi connectivity index (χ2v) is 5.80. The van der Waals surface area contributed by atoms with Crippen LogP contribution in [0.4, 0.5) is 4.39 Å². The van der Waals surface area contributed by atoms with Gasteiger partial charge >= 0.3 is 0 Å². The fourth-order valence-electron chi connectivity index (χ4n) is 1.70. The van der Waals surface area contributed by atoms with Crippen molar-refractivity contribution >= 4 is 23.4 Å². The molecule has 1 rings (SSSR count). The number of halogens is 2. The van der Waals surface area contributed by atoms with Gasteiger partial charge in [-0.1, -0.05) is 25.4 Å². The van der Waals surface area contributed by atoms with Gasteiger partial charge in [0.15, 0.2) is 0 Å². The number of benzene rings is 1. The van der Waals surface area contributed by atoms with Crippen molar-refractivity contribution in [2.75, 3.05) is 18.1 Å². The standard InChI is InChI=1S/C14H21ClFNS/c1-3-7-17-14(10-18-8-4-2)12-9-11(16)5-6-13(12)15/h5-6,9,14,17H,3-4,7-8,10H2,1-2H3. The Balaban J connectivity index is 2.75. The van der Waals surface area contributed by atoms with Crippen LogP contribution in [-0.4, -0.2) is 18.1 Å². The first kappa shape index (κ1) is 15.8. The average Bonchev–Trinajstić information content (AvgIpc) is 2.37. The minimum atomic E-state index is -0.224. The van der Waals surface area contributed by atoms with Gasteiger partial charge in [-0.15, -0.1) is 0 Å². The summed E-state index contributed by atoms with van der Waals surface area (Å²) in [5, 5.41) is 4.08. The highest BCUT2D eigenvalue weighted by atomic mass is 35.5. The molecule has 1 N–H and O–H groups in total. The SMILES string of the molecule is CCCNC(CSCCC)c1cc(F)ccc1Cl. The first-order chi connectivity index (χ1) is 8.69. The maximum absolute atomic E-state index is 13.3. The van der Waals surface area contributed by atoms with E-state index in [4.69, 9.17) is 11.6 Å². The lowest BCUT2D eigenvalue weighted by Gasteiger charge is -2.20. The Labute approximate surface area is 118 Å². The topological polar surface area (TPSA) is 12.0 Å². The molecule has 0 aliphatic carbocycles. The number of rotatable bonds is 8. The minimum absolute atomic E-state index is 0.129. The molecular weight excluding hydrogens is 269 g/mol. The van der Waals surface area contributed by atoms with Crippen molar-refractivity contribution in [3.63, 3.8) is 0 Å². The van der Waals surface area contributed by atoms with E-state index in [1.54, 1.807) is 12.1 Å². The Morgan fingerprint density at radius 2 is 2.11 bits per heavy atom. The van der Waals surface area contributed by atoms with Crippen LogP contribution < -0.4 is 5.32 Å². The fraction of sp³-hybridized carbons (Fsp3) is 0.571. The lowest BCUT2D eigenvalue weighted by atomic mass is 10.1. The summed E-state index contributed by atoms with van der Waals surface area (Å²) < 4.78 is 13.3. The van der Waals surface area contributed by atoms with E-state index in [2.05, 4.69) is 19.2 Å². The van der Waals surface area contributed by atoms with Crippen molar-refractivity contribution in [1.82, 2.24) is 5.32 Å². The summed E-state index contributed by atoms with van der Waals surface area (Å²) in [6.45, 7) is 5.21. The van der Waals surface area contributed by atoms with E-state index in [0.29, 0.717) is 5.02 Å². The van der Waals surface area contributed by atoms with Gasteiger partial charge in [-0.05, 0) is 48.9 Å². The smallest absolute Gasteiger partial charge is 0.123 e. The summed E-state index contributed by atoms with van der Waals surface area (Å²) in [7, 11) is 0. The van der Waals surface area contributed by atoms with Crippen molar-refractivity contribution in [3.8, 4) is 0 Å². The predicted molar refractivity (Wildman–Crippen MR) is 80.1 cm³/mol. The molecule has 18 heavy (non-hydrogen) atoms. The number of thioether (sulfide) groups is 1. The largest absolute Gasteiger partial charge is 0.309 e. The molecule has 0 radical (unpaired) electrons. The van der Waals surface area contributed by atoms with Gasteiger partial charge in [0.05, 0.1) is 0 Å². The van der Waals surface area contributed by atoms with E-state index in [9.17, 15) is 4.39 Å². The molecule has 0 spiro atoms. The molecule has 1 aromatic carbocycles. The first-order valence-corrected chi connectivity index (χ1v) is 7.98. The van der Waals surface area contributed by atoms with Crippen LogP contribution in [0.1, 0.15) is 38.3 Å². The highest BCUT2D eigenvalue weighted by Gasteiger charge is 2.14. The van der Waals surface area contributed by atoms with E-state index >= 15 is 0 Å². The minimum Gasteiger partial charge on any atom is -0.309 e. The Morgan fingerprint density at radius 3 is 2.78 bits per heavy atom. The van der Waals surface area contributed by atoms with Gasteiger partial charge in [0.2, 0.25) is 0 Å². The molecular formula is C14H21ClFNS. The Bertz CT molecular complexity index is 360. The van der Waals surface area contributed by atoms with Gasteiger partial charge < -0.3 is 5.32 Å². The van der Waals surface area contributed by atoms with Crippen LogP contribution in [-0.2, 0) is 0 Å². The predicted octanol–water partition coefficient (Wildman–Crippen LogP) is 4.66. The molecule has 0 heterocycles. The van der Waals surface area contributed by atoms with Crippen LogP contribution in [0, 0.1) is 5.82 Å². The summed E-state index contributed by atoms with van der Waals surface area (Å²) in [6.07, 6.45) is 2.21. The lowest BCUT2D eigenvalue weighted by Crippen LogP contribution is -2.24. The van der Waals surface area contributed by atoms with Crippen LogP contribution in [0.25, 0.3) is 0 Å². The molecule has 4 heteroatoms. The first-order valence-electron chi connectivity index (χ1n) is 6.45. The third-order valence-electron chi connectivity index (χ3n) is 2.61. The van der Waals surface area contributed by atoms with Gasteiger partial charge in [-0.3, -0.25) is 0 Å². The second kappa shape index (κ2) is 8.78. The third kappa shape index (κ3) is 5.17. The molecule has 1 unspecified atom stereocenters. The highest BCUT2D eigenvalue weighted by Crippen LogP contribution is 2.26. The van der Waals surface area contributed by atoms with Crippen molar-refractivity contribution < 1.29 is 4.39 Å². The van der Waals surface area contributed by atoms with Crippen LogP contribution in [0.2, 0.25) is 5.02 Å². The van der Waals surface area contributed by atoms with Gasteiger partial charge in [-0.25, -0.2) is 4.39 Å². The molecule has 0 saturated carbocycles. The van der Waals surface area contributed by atoms with E-state index in [1.807, 2.05) is 11.8 Å². The average molecular weight is 290 g/mol. The Hall–Kier alpha value is -0.250. The van der Waals surface area contributed by atoms with E-state index in [1.165, 1.54) is 6.07 Å². The normalized spacial score (nSPS) is 12.7. The molecule has 102 valence electrons. The maximum atomic E-state index is 13.3. The van der Waals surface area contributed by atoms with Crippen LogP contribution in [0.5, 0.6) is 0 Å². The molecule has 1 nitrogen and oxygen atoms in total. The summed E-state index contributed by atoms with van der Waals surface area (Å²) >= 11 is 8.04. The molecule has 0 bridgehead atoms. The molecule has 0 aromatic heterocycles. The van der Waals surface area contributed by atoms with Crippen LogP contribution in [0.15, 0.2) is 18.2 Å². The van der Waals surface area contributed by atoms with E-state index in [-0.39, 0.29) is 11.9 Å². The van der Waals surface area contributed by atoms with Crippen molar-refractivity contribution in [2.45, 2.75) is 32.7 Å². The zero-order chi connectivity index (χ0) is 13.4. The van der Waals surface area contributed by atoms with Crippen LogP contribution >= 0.6 is 23.4 Å². The molecule has 0 aliphatic rings. The van der Waals surface area contributed by atoms with E-state index < -0.39 is 0 Å². The van der Waals surface area contributed by atoms with Crippen molar-refractivity contribution in [3.05, 3.63) is 34.6 Å². The van der Waals surface area contributed by atoms with E-state index in [0.717, 1.165) is 36.5 Å². The molecule has 0 saturated heterocycles. The monoisotopic (exact) mass is 289 g/mol. The number of hydrogen-bond donors (Lipinski definition) is 1. The van der Waals surface area contributed by atoms with Gasteiger partial charge in [-0.2, -0.15) is 11.8 Å². The zero-order valence-electron chi connectivity index (χ0n) is 11.0. The summed E-state index contributed by atoms with van der Waals surface area (Å²) in [6, 6.07) is 4.71. The number of hydrogen-bond acceptors (Lipinski definition) is 2. The van der Waals surface area contributed by atoms with Crippen molar-refractivity contribution in [2.24, 2.45) is 0 Å². The maximum Gasteiger partial charge on any atom is 0.123 e. The second-order valence-electron chi connectivity index (χ2n) is 4.25. The zero-order valence-corrected chi connectivity index (χ0v) is 12.6. The van der Waals surface area contributed by atoms with Crippen LogP contribution in [0.3, 0.4) is 0 Å². The fourth-order valence-corrected chi connectivity index (χ4v) is 2.94. The third-order valence-corrected chi connectivity index (χ3v) is 4.22. The number of nitrogens with one attached hydrogen (secondary N) is 1. The van der Waals surface area contributed by atoms with Gasteiger partial charge in [0.25, 0.3) is 0 Å². The molecule has 1 aromatic rings. The summed E-state index contributed by atoms with van der Waals surface area (Å²) in [4.78, 5) is 0. The Kier molecular flexibility index (Phi) is 7.71. The summed E-state index contributed by atoms with van der Waals surface area (Å²) in [5.41, 5.74) is 0.869. The Morgan fingerprint density at radius 1 is 1.33 bits per heavy atom. The van der Waals surface area contributed by atoms with Gasteiger partial charge in [0, 0.05) is 16.8 Å². The molecule has 0 fully saturated rings. The molecule has 0 amide bonds. The molecule has 0 aliphatic heterocycles. The summed E-state index contributed by atoms with van der Waals surface area (Å²) in [5.74, 6) is 1.83. The quantitative estimate of drug-likeness (QED) is 0.698. The van der Waals surface area contributed by atoms with Crippen molar-refractivity contribution in [1.29, 1.82) is 0 Å². The molecule has 1 atom stereocenters. The van der Waals surface area contributed by atoms with Gasteiger partial charge in [0.1, 0.15) is 5.82 Å². The highest BCUT2D eigenvalue weighted by molar-refractivity contribution is 7.99. The lowest BCUT2D eigenvalue weighted by molar-refractivity contribution is 0.568.